The highest BCUT2D eigenvalue weighted by atomic mass is 32.2. The standard InChI is InChI=1S/C11H17NO3S/c1-3-16(14,15)11-6-4-10(5-7-11)8-12(2)9-13/h4-7,13H,3,8-9H2,1-2H3. The van der Waals surface area contributed by atoms with Gasteiger partial charge in [0.2, 0.25) is 0 Å². The summed E-state index contributed by atoms with van der Waals surface area (Å²) < 4.78 is 23.1. The van der Waals surface area contributed by atoms with E-state index >= 15 is 0 Å². The van der Waals surface area contributed by atoms with E-state index < -0.39 is 9.84 Å². The van der Waals surface area contributed by atoms with Gasteiger partial charge in [-0.15, -0.1) is 0 Å². The summed E-state index contributed by atoms with van der Waals surface area (Å²) in [5.74, 6) is 0.114. The van der Waals surface area contributed by atoms with Crippen LogP contribution < -0.4 is 0 Å². The van der Waals surface area contributed by atoms with Gasteiger partial charge in [0.05, 0.1) is 17.4 Å². The van der Waals surface area contributed by atoms with Gasteiger partial charge in [0.25, 0.3) is 0 Å². The van der Waals surface area contributed by atoms with Crippen molar-refractivity contribution in [2.45, 2.75) is 18.4 Å². The molecule has 0 radical (unpaired) electrons. The first kappa shape index (κ1) is 13.2. The minimum atomic E-state index is -3.11. The Bertz CT molecular complexity index is 425. The number of rotatable bonds is 5. The molecule has 1 aromatic carbocycles. The van der Waals surface area contributed by atoms with Crippen LogP contribution in [0, 0.1) is 0 Å². The summed E-state index contributed by atoms with van der Waals surface area (Å²) in [4.78, 5) is 2.08. The summed E-state index contributed by atoms with van der Waals surface area (Å²) in [6, 6.07) is 6.77. The molecule has 0 heterocycles. The highest BCUT2D eigenvalue weighted by Gasteiger charge is 2.10. The molecule has 0 spiro atoms. The normalized spacial score (nSPS) is 12.0. The number of nitrogens with zero attached hydrogens (tertiary/aromatic N) is 1. The molecule has 0 aromatic heterocycles. The van der Waals surface area contributed by atoms with Crippen molar-refractivity contribution in [1.82, 2.24) is 4.90 Å². The number of benzene rings is 1. The lowest BCUT2D eigenvalue weighted by molar-refractivity contribution is 0.127. The minimum Gasteiger partial charge on any atom is -0.381 e. The van der Waals surface area contributed by atoms with E-state index in [1.54, 1.807) is 43.1 Å². The summed E-state index contributed by atoms with van der Waals surface area (Å²) in [6.07, 6.45) is 0. The van der Waals surface area contributed by atoms with Gasteiger partial charge in [0.15, 0.2) is 9.84 Å². The molecule has 0 unspecified atom stereocenters. The van der Waals surface area contributed by atoms with Crippen LogP contribution in [0.2, 0.25) is 0 Å². The van der Waals surface area contributed by atoms with Gasteiger partial charge >= 0.3 is 0 Å². The molecule has 0 amide bonds. The van der Waals surface area contributed by atoms with Crippen LogP contribution in [0.15, 0.2) is 29.2 Å². The zero-order valence-corrected chi connectivity index (χ0v) is 10.4. The van der Waals surface area contributed by atoms with E-state index in [0.29, 0.717) is 11.4 Å². The second-order valence-corrected chi connectivity index (χ2v) is 5.98. The fourth-order valence-electron chi connectivity index (χ4n) is 1.33. The molecule has 0 saturated carbocycles. The van der Waals surface area contributed by atoms with Crippen molar-refractivity contribution in [2.75, 3.05) is 19.5 Å². The predicted octanol–water partition coefficient (Wildman–Crippen LogP) is 0.862. The third kappa shape index (κ3) is 3.30. The SMILES string of the molecule is CCS(=O)(=O)c1ccc(CN(C)CO)cc1. The summed E-state index contributed by atoms with van der Waals surface area (Å²) in [6.45, 7) is 2.21. The monoisotopic (exact) mass is 243 g/mol. The lowest BCUT2D eigenvalue weighted by Gasteiger charge is -2.12. The Kier molecular flexibility index (Phi) is 4.46. The van der Waals surface area contributed by atoms with Crippen molar-refractivity contribution < 1.29 is 13.5 Å². The number of hydrogen-bond acceptors (Lipinski definition) is 4. The van der Waals surface area contributed by atoms with Crippen molar-refractivity contribution in [3.05, 3.63) is 29.8 Å². The third-order valence-corrected chi connectivity index (χ3v) is 4.11. The van der Waals surface area contributed by atoms with Crippen molar-refractivity contribution in [3.63, 3.8) is 0 Å². The van der Waals surface area contributed by atoms with Gasteiger partial charge < -0.3 is 5.11 Å². The molecule has 1 rings (SSSR count). The van der Waals surface area contributed by atoms with E-state index in [1.807, 2.05) is 0 Å². The largest absolute Gasteiger partial charge is 0.381 e. The third-order valence-electron chi connectivity index (χ3n) is 2.36. The maximum absolute atomic E-state index is 11.5. The molecule has 0 aliphatic heterocycles. The van der Waals surface area contributed by atoms with Gasteiger partial charge in [0, 0.05) is 6.54 Å². The molecular formula is C11H17NO3S. The molecule has 0 aliphatic carbocycles. The number of sulfone groups is 1. The molecule has 5 heteroatoms. The van der Waals surface area contributed by atoms with Gasteiger partial charge in [-0.2, -0.15) is 0 Å². The molecule has 16 heavy (non-hydrogen) atoms. The van der Waals surface area contributed by atoms with Crippen LogP contribution >= 0.6 is 0 Å². The number of aliphatic hydroxyl groups is 1. The van der Waals surface area contributed by atoms with Crippen LogP contribution in [0.1, 0.15) is 12.5 Å². The highest BCUT2D eigenvalue weighted by molar-refractivity contribution is 7.91. The van der Waals surface area contributed by atoms with Gasteiger partial charge in [-0.1, -0.05) is 19.1 Å². The van der Waals surface area contributed by atoms with Crippen molar-refractivity contribution >= 4 is 9.84 Å². The molecule has 1 aromatic rings. The molecule has 0 aliphatic rings. The first-order chi connectivity index (χ1) is 7.49. The summed E-state index contributed by atoms with van der Waals surface area (Å²) in [5.41, 5.74) is 0.978. The maximum atomic E-state index is 11.5. The van der Waals surface area contributed by atoms with E-state index in [9.17, 15) is 8.42 Å². The lowest BCUT2D eigenvalue weighted by atomic mass is 10.2. The Hall–Kier alpha value is -0.910. The molecular weight excluding hydrogens is 226 g/mol. The molecule has 4 nitrogen and oxygen atoms in total. The average Bonchev–Trinajstić information content (AvgIpc) is 2.29. The summed E-state index contributed by atoms with van der Waals surface area (Å²) in [5, 5.41) is 8.85. The summed E-state index contributed by atoms with van der Waals surface area (Å²) >= 11 is 0. The van der Waals surface area contributed by atoms with Gasteiger partial charge in [-0.3, -0.25) is 4.90 Å². The molecule has 0 saturated heterocycles. The minimum absolute atomic E-state index is 0.0188. The zero-order valence-electron chi connectivity index (χ0n) is 9.55. The molecule has 90 valence electrons. The average molecular weight is 243 g/mol. The molecule has 0 fully saturated rings. The van der Waals surface area contributed by atoms with Crippen LogP contribution in [-0.4, -0.2) is 38.0 Å². The van der Waals surface area contributed by atoms with Gasteiger partial charge in [-0.05, 0) is 24.7 Å². The van der Waals surface area contributed by atoms with Crippen LogP contribution in [-0.2, 0) is 16.4 Å². The Morgan fingerprint density at radius 1 is 1.25 bits per heavy atom. The zero-order chi connectivity index (χ0) is 12.2. The first-order valence-electron chi connectivity index (χ1n) is 5.10. The lowest BCUT2D eigenvalue weighted by Crippen LogP contribution is -2.18. The van der Waals surface area contributed by atoms with E-state index in [2.05, 4.69) is 0 Å². The van der Waals surface area contributed by atoms with Gasteiger partial charge in [-0.25, -0.2) is 8.42 Å². The van der Waals surface area contributed by atoms with Crippen LogP contribution in [0.3, 0.4) is 0 Å². The Labute approximate surface area is 96.4 Å². The van der Waals surface area contributed by atoms with Crippen molar-refractivity contribution in [2.24, 2.45) is 0 Å². The topological polar surface area (TPSA) is 57.6 Å². The number of hydrogen-bond donors (Lipinski definition) is 1. The fourth-order valence-corrected chi connectivity index (χ4v) is 2.21. The van der Waals surface area contributed by atoms with Crippen LogP contribution in [0.4, 0.5) is 0 Å². The van der Waals surface area contributed by atoms with E-state index in [-0.39, 0.29) is 12.5 Å². The van der Waals surface area contributed by atoms with Crippen LogP contribution in [0.25, 0.3) is 0 Å². The second-order valence-electron chi connectivity index (χ2n) is 3.70. The molecule has 1 N–H and O–H groups in total. The van der Waals surface area contributed by atoms with E-state index in [1.165, 1.54) is 0 Å². The molecule has 0 bridgehead atoms. The van der Waals surface area contributed by atoms with Gasteiger partial charge in [0.1, 0.15) is 0 Å². The predicted molar refractivity (Wildman–Crippen MR) is 62.7 cm³/mol. The van der Waals surface area contributed by atoms with E-state index in [4.69, 9.17) is 5.11 Å². The Morgan fingerprint density at radius 2 is 1.81 bits per heavy atom. The van der Waals surface area contributed by atoms with Crippen LogP contribution in [0.5, 0.6) is 0 Å². The van der Waals surface area contributed by atoms with Crippen molar-refractivity contribution in [1.29, 1.82) is 0 Å². The highest BCUT2D eigenvalue weighted by Crippen LogP contribution is 2.13. The van der Waals surface area contributed by atoms with E-state index in [0.717, 1.165) is 5.56 Å². The quantitative estimate of drug-likeness (QED) is 0.779. The fraction of sp³-hybridized carbons (Fsp3) is 0.455. The maximum Gasteiger partial charge on any atom is 0.178 e. The summed E-state index contributed by atoms with van der Waals surface area (Å²) in [7, 11) is -1.32. The second kappa shape index (κ2) is 5.43. The Balaban J connectivity index is 2.84. The molecule has 0 atom stereocenters. The van der Waals surface area contributed by atoms with Crippen molar-refractivity contribution in [3.8, 4) is 0 Å². The Morgan fingerprint density at radius 3 is 2.25 bits per heavy atom. The first-order valence-corrected chi connectivity index (χ1v) is 6.76. The number of aliphatic hydroxyl groups excluding tert-OH is 1. The smallest absolute Gasteiger partial charge is 0.178 e.